The molecule has 5 unspecified atom stereocenters. The molecule has 0 aliphatic carbocycles. The summed E-state index contributed by atoms with van der Waals surface area (Å²) in [6.07, 6.45) is -1.29. The number of esters is 2. The summed E-state index contributed by atoms with van der Waals surface area (Å²) in [5, 5.41) is -0.566. The zero-order valence-corrected chi connectivity index (χ0v) is 12.1. The minimum Gasteiger partial charge on any atom is -0.455 e. The maximum atomic E-state index is 11.8. The standard InChI is InChI=1S/C12H15NO7S/c1-5(2)12(15)18-4-8(14)20-10-6-3-7-11(19-6)9(10)13-21(7,16)17/h6-7,9-11,13H,1,3-4H2,2H3. The highest BCUT2D eigenvalue weighted by Gasteiger charge is 2.65. The molecule has 3 saturated heterocycles. The van der Waals surface area contributed by atoms with Crippen LogP contribution in [0, 0.1) is 0 Å². The molecule has 0 spiro atoms. The third-order valence-corrected chi connectivity index (χ3v) is 5.73. The smallest absolute Gasteiger partial charge is 0.344 e. The van der Waals surface area contributed by atoms with Gasteiger partial charge in [-0.3, -0.25) is 0 Å². The van der Waals surface area contributed by atoms with Gasteiger partial charge >= 0.3 is 11.9 Å². The van der Waals surface area contributed by atoms with E-state index in [0.29, 0.717) is 6.42 Å². The fraction of sp³-hybridized carbons (Fsp3) is 0.667. The van der Waals surface area contributed by atoms with E-state index in [0.717, 1.165) is 0 Å². The Morgan fingerprint density at radius 2 is 2.14 bits per heavy atom. The van der Waals surface area contributed by atoms with Gasteiger partial charge in [-0.25, -0.2) is 22.7 Å². The van der Waals surface area contributed by atoms with Gasteiger partial charge in [0.05, 0.1) is 18.2 Å². The van der Waals surface area contributed by atoms with Crippen molar-refractivity contribution in [2.75, 3.05) is 6.61 Å². The molecule has 5 atom stereocenters. The molecule has 0 saturated carbocycles. The molecule has 116 valence electrons. The second-order valence-electron chi connectivity index (χ2n) is 5.41. The molecule has 9 heteroatoms. The minimum atomic E-state index is -3.40. The van der Waals surface area contributed by atoms with Crippen molar-refractivity contribution >= 4 is 22.0 Å². The third kappa shape index (κ3) is 2.34. The zero-order valence-electron chi connectivity index (χ0n) is 11.3. The molecule has 3 aliphatic rings. The van der Waals surface area contributed by atoms with Gasteiger partial charge in [0.15, 0.2) is 6.61 Å². The highest BCUT2D eigenvalue weighted by Crippen LogP contribution is 2.44. The number of ether oxygens (including phenoxy) is 3. The molecule has 8 nitrogen and oxygen atoms in total. The number of carbonyl (C=O) groups excluding carboxylic acids is 2. The largest absolute Gasteiger partial charge is 0.455 e. The van der Waals surface area contributed by atoms with Crippen LogP contribution in [-0.4, -0.2) is 56.6 Å². The number of hydrogen-bond donors (Lipinski definition) is 1. The average molecular weight is 317 g/mol. The van der Waals surface area contributed by atoms with E-state index in [4.69, 9.17) is 9.47 Å². The van der Waals surface area contributed by atoms with Crippen LogP contribution in [-0.2, 0) is 33.8 Å². The molecule has 3 rings (SSSR count). The summed E-state index contributed by atoms with van der Waals surface area (Å²) in [5.41, 5.74) is 0.178. The molecule has 21 heavy (non-hydrogen) atoms. The molecule has 3 fully saturated rings. The summed E-state index contributed by atoms with van der Waals surface area (Å²) in [6, 6.07) is -0.556. The van der Waals surface area contributed by atoms with Gasteiger partial charge < -0.3 is 14.2 Å². The van der Waals surface area contributed by atoms with Gasteiger partial charge in [-0.05, 0) is 13.3 Å². The van der Waals surface area contributed by atoms with E-state index in [1.165, 1.54) is 6.92 Å². The van der Waals surface area contributed by atoms with E-state index >= 15 is 0 Å². The fourth-order valence-electron chi connectivity index (χ4n) is 2.95. The van der Waals surface area contributed by atoms with Crippen molar-refractivity contribution in [1.82, 2.24) is 4.72 Å². The Balaban J connectivity index is 1.59. The lowest BCUT2D eigenvalue weighted by Gasteiger charge is -2.22. The predicted octanol–water partition coefficient (Wildman–Crippen LogP) is -1.14. The van der Waals surface area contributed by atoms with Crippen LogP contribution in [0.1, 0.15) is 13.3 Å². The molecule has 1 N–H and O–H groups in total. The first kappa shape index (κ1) is 14.5. The second-order valence-corrected chi connectivity index (χ2v) is 7.34. The summed E-state index contributed by atoms with van der Waals surface area (Å²) in [7, 11) is -3.40. The van der Waals surface area contributed by atoms with Gasteiger partial charge in [-0.1, -0.05) is 6.58 Å². The van der Waals surface area contributed by atoms with Crippen molar-refractivity contribution in [2.24, 2.45) is 0 Å². The Morgan fingerprint density at radius 1 is 1.43 bits per heavy atom. The summed E-state index contributed by atoms with van der Waals surface area (Å²) in [6.45, 7) is 4.31. The lowest BCUT2D eigenvalue weighted by molar-refractivity contribution is -0.162. The number of nitrogens with one attached hydrogen (secondary N) is 1. The monoisotopic (exact) mass is 317 g/mol. The first-order chi connectivity index (χ1) is 9.79. The summed E-state index contributed by atoms with van der Waals surface area (Å²) >= 11 is 0. The van der Waals surface area contributed by atoms with E-state index < -0.39 is 58.2 Å². The Hall–Kier alpha value is -1.45. The molecule has 0 aromatic carbocycles. The van der Waals surface area contributed by atoms with Crippen molar-refractivity contribution in [3.05, 3.63) is 12.2 Å². The van der Waals surface area contributed by atoms with Gasteiger partial charge in [-0.15, -0.1) is 0 Å². The lowest BCUT2D eigenvalue weighted by atomic mass is 9.93. The van der Waals surface area contributed by atoms with Gasteiger partial charge in [0.2, 0.25) is 10.0 Å². The van der Waals surface area contributed by atoms with Crippen molar-refractivity contribution in [1.29, 1.82) is 0 Å². The highest BCUT2D eigenvalue weighted by atomic mass is 32.2. The van der Waals surface area contributed by atoms with Gasteiger partial charge in [0, 0.05) is 5.57 Å². The maximum absolute atomic E-state index is 11.8. The first-order valence-corrected chi connectivity index (χ1v) is 8.03. The van der Waals surface area contributed by atoms with E-state index in [1.807, 2.05) is 0 Å². The quantitative estimate of drug-likeness (QED) is 0.515. The van der Waals surface area contributed by atoms with Gasteiger partial charge in [-0.2, -0.15) is 0 Å². The Labute approximate surface area is 121 Å². The van der Waals surface area contributed by atoms with Gasteiger partial charge in [0.1, 0.15) is 11.4 Å². The zero-order chi connectivity index (χ0) is 15.4. The molecule has 0 amide bonds. The molecular weight excluding hydrogens is 302 g/mol. The Kier molecular flexibility index (Phi) is 3.30. The first-order valence-electron chi connectivity index (χ1n) is 6.48. The SMILES string of the molecule is C=C(C)C(=O)OCC(=O)OC1C2CC3C(O2)C1NS3(=O)=O. The minimum absolute atomic E-state index is 0.178. The van der Waals surface area contributed by atoms with Crippen molar-refractivity contribution in [3.63, 3.8) is 0 Å². The van der Waals surface area contributed by atoms with Crippen LogP contribution in [0.2, 0.25) is 0 Å². The topological polar surface area (TPSA) is 108 Å². The van der Waals surface area contributed by atoms with E-state index in [2.05, 4.69) is 16.0 Å². The fourth-order valence-corrected chi connectivity index (χ4v) is 4.80. The Bertz CT molecular complexity index is 613. The number of carbonyl (C=O) groups is 2. The number of fused-ring (bicyclic) bond motifs is 1. The van der Waals surface area contributed by atoms with Crippen LogP contribution in [0.3, 0.4) is 0 Å². The van der Waals surface area contributed by atoms with Crippen molar-refractivity contribution in [3.8, 4) is 0 Å². The molecule has 2 bridgehead atoms. The summed E-state index contributed by atoms with van der Waals surface area (Å²) in [5.74, 6) is -1.42. The van der Waals surface area contributed by atoms with E-state index in [9.17, 15) is 18.0 Å². The Morgan fingerprint density at radius 3 is 2.81 bits per heavy atom. The number of hydrogen-bond acceptors (Lipinski definition) is 7. The van der Waals surface area contributed by atoms with Crippen LogP contribution in [0.15, 0.2) is 12.2 Å². The summed E-state index contributed by atoms with van der Waals surface area (Å²) < 4.78 is 41.5. The van der Waals surface area contributed by atoms with Crippen LogP contribution in [0.4, 0.5) is 0 Å². The van der Waals surface area contributed by atoms with Crippen LogP contribution < -0.4 is 4.72 Å². The third-order valence-electron chi connectivity index (χ3n) is 3.87. The molecular formula is C12H15NO7S. The maximum Gasteiger partial charge on any atom is 0.344 e. The molecule has 0 radical (unpaired) electrons. The van der Waals surface area contributed by atoms with E-state index in [1.54, 1.807) is 0 Å². The van der Waals surface area contributed by atoms with Crippen LogP contribution >= 0.6 is 0 Å². The molecule has 3 aliphatic heterocycles. The molecule has 0 aromatic heterocycles. The van der Waals surface area contributed by atoms with Crippen LogP contribution in [0.25, 0.3) is 0 Å². The number of sulfonamides is 1. The number of rotatable bonds is 4. The molecule has 3 heterocycles. The van der Waals surface area contributed by atoms with Gasteiger partial charge in [0.25, 0.3) is 0 Å². The van der Waals surface area contributed by atoms with Crippen LogP contribution in [0.5, 0.6) is 0 Å². The predicted molar refractivity (Wildman–Crippen MR) is 68.6 cm³/mol. The second kappa shape index (κ2) is 4.79. The van der Waals surface area contributed by atoms with Crippen molar-refractivity contribution < 1.29 is 32.2 Å². The highest BCUT2D eigenvalue weighted by molar-refractivity contribution is 7.90. The molecule has 0 aromatic rings. The van der Waals surface area contributed by atoms with Crippen molar-refractivity contribution in [2.45, 2.75) is 42.9 Å². The lowest BCUT2D eigenvalue weighted by Crippen LogP contribution is -2.45. The summed E-state index contributed by atoms with van der Waals surface area (Å²) in [4.78, 5) is 22.9. The van der Waals surface area contributed by atoms with E-state index in [-0.39, 0.29) is 5.57 Å². The normalized spacial score (nSPS) is 38.2. The average Bonchev–Trinajstić information content (AvgIpc) is 2.99.